The van der Waals surface area contributed by atoms with Crippen LogP contribution >= 0.6 is 35.8 Å². The van der Waals surface area contributed by atoms with Crippen molar-refractivity contribution in [1.29, 1.82) is 15.8 Å². The van der Waals surface area contributed by atoms with Crippen molar-refractivity contribution in [3.8, 4) is 18.6 Å². The van der Waals surface area contributed by atoms with Gasteiger partial charge in [0, 0.05) is 31.1 Å². The van der Waals surface area contributed by atoms with E-state index in [1.807, 2.05) is 55.0 Å². The molecule has 5 N–H and O–H groups in total. The van der Waals surface area contributed by atoms with Gasteiger partial charge in [0.2, 0.25) is 0 Å². The summed E-state index contributed by atoms with van der Waals surface area (Å²) in [5.74, 6) is 0. The van der Waals surface area contributed by atoms with Gasteiger partial charge in [0.1, 0.15) is 0 Å². The lowest BCUT2D eigenvalue weighted by atomic mass is 9.93. The van der Waals surface area contributed by atoms with E-state index in [0.717, 1.165) is 47.0 Å². The van der Waals surface area contributed by atoms with Gasteiger partial charge in [-0.1, -0.05) is 24.3 Å². The summed E-state index contributed by atoms with van der Waals surface area (Å²) in [5.41, 5.74) is 6.95. The van der Waals surface area contributed by atoms with E-state index in [1.54, 1.807) is 0 Å². The molecule has 0 unspecified atom stereocenters. The van der Waals surface area contributed by atoms with E-state index in [0.29, 0.717) is 5.69 Å². The minimum Gasteiger partial charge on any atom is -0.398 e. The molecule has 4 rings (SSSR count). The van der Waals surface area contributed by atoms with Gasteiger partial charge in [0.15, 0.2) is 18.6 Å². The molecule has 10 heteroatoms. The monoisotopic (exact) mass is 433 g/mol. The fourth-order valence-electron chi connectivity index (χ4n) is 3.41. The summed E-state index contributed by atoms with van der Waals surface area (Å²) in [6.45, 7) is 0. The third-order valence-corrected chi connectivity index (χ3v) is 6.69. The zero-order valence-electron chi connectivity index (χ0n) is 14.6. The van der Waals surface area contributed by atoms with Crippen LogP contribution in [-0.4, -0.2) is 0 Å². The highest BCUT2D eigenvalue weighted by molar-refractivity contribution is 7.98. The maximum atomic E-state index is 8.94. The molecule has 0 heterocycles. The Morgan fingerprint density at radius 3 is 1.45 bits per heavy atom. The Morgan fingerprint density at radius 1 is 0.621 bits per heavy atom. The van der Waals surface area contributed by atoms with E-state index in [-0.39, 0.29) is 0 Å². The molecule has 0 aliphatic carbocycles. The number of anilines is 1. The average Bonchev–Trinajstić information content (AvgIpc) is 2.74. The number of hydrogen-bond acceptors (Lipinski definition) is 10. The summed E-state index contributed by atoms with van der Waals surface area (Å²) in [5, 5.41) is 32.6. The van der Waals surface area contributed by atoms with E-state index in [4.69, 9.17) is 21.5 Å². The van der Waals surface area contributed by atoms with Crippen molar-refractivity contribution >= 4 is 73.8 Å². The molecule has 140 valence electrons. The SMILES string of the molecule is N#CNSc1cc(N)c2ccc3c(SNC#N)cc(SNC#N)c4ccc1c2c34. The predicted octanol–water partition coefficient (Wildman–Crippen LogP) is 4.40. The first-order valence-corrected chi connectivity index (χ1v) is 10.6. The van der Waals surface area contributed by atoms with Crippen LogP contribution in [0, 0.1) is 34.4 Å². The molecule has 29 heavy (non-hydrogen) atoms. The van der Waals surface area contributed by atoms with Gasteiger partial charge in [-0.3, -0.25) is 14.2 Å². The lowest BCUT2D eigenvalue weighted by Crippen LogP contribution is -1.99. The molecule has 0 aromatic heterocycles. The topological polar surface area (TPSA) is 133 Å². The molecule has 0 atom stereocenters. The summed E-state index contributed by atoms with van der Waals surface area (Å²) < 4.78 is 7.86. The molecule has 0 aliphatic heterocycles. The molecule has 0 spiro atoms. The van der Waals surface area contributed by atoms with Gasteiger partial charge < -0.3 is 5.73 Å². The lowest BCUT2D eigenvalue weighted by Gasteiger charge is -2.18. The average molecular weight is 434 g/mol. The van der Waals surface area contributed by atoms with E-state index < -0.39 is 0 Å². The van der Waals surface area contributed by atoms with Crippen molar-refractivity contribution in [3.63, 3.8) is 0 Å². The summed E-state index contributed by atoms with van der Waals surface area (Å²) in [4.78, 5) is 2.58. The quantitative estimate of drug-likeness (QED) is 0.114. The molecular formula is C19H11N7S3. The third kappa shape index (κ3) is 3.22. The summed E-state index contributed by atoms with van der Waals surface area (Å²) in [6, 6.07) is 11.8. The van der Waals surface area contributed by atoms with Gasteiger partial charge in [-0.05, 0) is 69.5 Å². The molecule has 0 aliphatic rings. The highest BCUT2D eigenvalue weighted by Gasteiger charge is 2.18. The first-order chi connectivity index (χ1) is 14.2. The molecule has 0 radical (unpaired) electrons. The normalized spacial score (nSPS) is 10.5. The molecule has 4 aromatic carbocycles. The molecule has 7 nitrogen and oxygen atoms in total. The third-order valence-electron chi connectivity index (χ3n) is 4.44. The fourth-order valence-corrected chi connectivity index (χ4v) is 5.33. The van der Waals surface area contributed by atoms with Crippen LogP contribution in [0.25, 0.3) is 32.3 Å². The summed E-state index contributed by atoms with van der Waals surface area (Å²) >= 11 is 3.64. The van der Waals surface area contributed by atoms with Gasteiger partial charge in [0.05, 0.1) is 0 Å². The fraction of sp³-hybridized carbons (Fsp3) is 0. The molecule has 0 fully saturated rings. The van der Waals surface area contributed by atoms with Gasteiger partial charge in [-0.25, -0.2) is 0 Å². The van der Waals surface area contributed by atoms with Gasteiger partial charge in [-0.15, -0.1) is 0 Å². The second kappa shape index (κ2) is 7.94. The number of nitrogens with one attached hydrogen (secondary N) is 3. The van der Waals surface area contributed by atoms with Crippen molar-refractivity contribution in [3.05, 3.63) is 36.4 Å². The van der Waals surface area contributed by atoms with E-state index in [1.165, 1.54) is 35.8 Å². The van der Waals surface area contributed by atoms with Crippen molar-refractivity contribution in [2.45, 2.75) is 14.7 Å². The van der Waals surface area contributed by atoms with Gasteiger partial charge >= 0.3 is 0 Å². The van der Waals surface area contributed by atoms with Crippen LogP contribution in [0.4, 0.5) is 5.69 Å². The second-order valence-electron chi connectivity index (χ2n) is 5.86. The summed E-state index contributed by atoms with van der Waals surface area (Å²) in [7, 11) is 0. The first-order valence-electron chi connectivity index (χ1n) is 8.16. The Labute approximate surface area is 178 Å². The smallest absolute Gasteiger partial charge is 0.187 e. The molecular weight excluding hydrogens is 422 g/mol. The van der Waals surface area contributed by atoms with E-state index >= 15 is 0 Å². The Hall–Kier alpha value is -3.36. The predicted molar refractivity (Wildman–Crippen MR) is 118 cm³/mol. The van der Waals surface area contributed by atoms with Crippen LogP contribution in [-0.2, 0) is 0 Å². The zero-order valence-corrected chi connectivity index (χ0v) is 17.1. The zero-order chi connectivity index (χ0) is 20.4. The number of nitrogens with zero attached hydrogens (tertiary/aromatic N) is 3. The van der Waals surface area contributed by atoms with Crippen molar-refractivity contribution in [2.24, 2.45) is 0 Å². The van der Waals surface area contributed by atoms with E-state index in [2.05, 4.69) is 14.2 Å². The van der Waals surface area contributed by atoms with Crippen molar-refractivity contribution in [2.75, 3.05) is 5.73 Å². The second-order valence-corrected chi connectivity index (χ2v) is 8.40. The number of nitrogen functional groups attached to an aromatic ring is 1. The first kappa shape index (κ1) is 19.0. The Kier molecular flexibility index (Phi) is 5.20. The minimum atomic E-state index is 0.617. The Morgan fingerprint density at radius 2 is 1.00 bits per heavy atom. The lowest BCUT2D eigenvalue weighted by molar-refractivity contribution is 1.32. The Balaban J connectivity index is 2.12. The molecule has 4 aromatic rings. The molecule has 0 amide bonds. The Bertz CT molecular complexity index is 1330. The maximum absolute atomic E-state index is 8.94. The van der Waals surface area contributed by atoms with Crippen LogP contribution in [0.5, 0.6) is 0 Å². The largest absolute Gasteiger partial charge is 0.398 e. The van der Waals surface area contributed by atoms with Crippen molar-refractivity contribution < 1.29 is 0 Å². The van der Waals surface area contributed by atoms with E-state index in [9.17, 15) is 0 Å². The number of nitrogens with two attached hydrogens (primary N) is 1. The molecule has 0 saturated heterocycles. The van der Waals surface area contributed by atoms with Gasteiger partial charge in [-0.2, -0.15) is 15.8 Å². The van der Waals surface area contributed by atoms with Crippen LogP contribution < -0.4 is 19.9 Å². The number of hydrogen-bond donors (Lipinski definition) is 4. The molecule has 0 bridgehead atoms. The number of rotatable bonds is 6. The maximum Gasteiger partial charge on any atom is 0.187 e. The standard InChI is InChI=1S/C19H11N7S3/c20-7-24-27-15-5-14(23)10-1-2-12-16(28-25-8-21)6-17(29-26-9-22)13-4-3-11(15)18(10)19(12)13/h1-6,24-26H,23H2. The van der Waals surface area contributed by atoms with Crippen LogP contribution in [0.15, 0.2) is 51.1 Å². The van der Waals surface area contributed by atoms with Gasteiger partial charge in [0.25, 0.3) is 0 Å². The highest BCUT2D eigenvalue weighted by atomic mass is 32.2. The number of benzene rings is 4. The number of nitriles is 3. The summed E-state index contributed by atoms with van der Waals surface area (Å²) in [6.07, 6.45) is 5.76. The molecule has 0 saturated carbocycles. The van der Waals surface area contributed by atoms with Crippen molar-refractivity contribution in [1.82, 2.24) is 14.2 Å². The van der Waals surface area contributed by atoms with Crippen LogP contribution in [0.3, 0.4) is 0 Å². The minimum absolute atomic E-state index is 0.617. The highest BCUT2D eigenvalue weighted by Crippen LogP contribution is 2.45. The van der Waals surface area contributed by atoms with Crippen LogP contribution in [0.1, 0.15) is 0 Å². The van der Waals surface area contributed by atoms with Crippen LogP contribution in [0.2, 0.25) is 0 Å².